The molecule has 6 rings (SSSR count). The molecule has 1 saturated heterocycles. The van der Waals surface area contributed by atoms with Gasteiger partial charge in [0.25, 0.3) is 5.56 Å². The van der Waals surface area contributed by atoms with E-state index in [-0.39, 0.29) is 30.8 Å². The van der Waals surface area contributed by atoms with Gasteiger partial charge < -0.3 is 19.3 Å². The van der Waals surface area contributed by atoms with Gasteiger partial charge in [0.2, 0.25) is 0 Å². The fourth-order valence-corrected chi connectivity index (χ4v) is 5.74. The molecule has 3 aliphatic rings. The van der Waals surface area contributed by atoms with Gasteiger partial charge in [0.1, 0.15) is 18.0 Å². The zero-order chi connectivity index (χ0) is 25.2. The molecule has 0 spiro atoms. The van der Waals surface area contributed by atoms with Crippen LogP contribution in [0, 0.1) is 5.82 Å². The zero-order valence-corrected chi connectivity index (χ0v) is 20.5. The average molecular weight is 493 g/mol. The molecule has 3 aliphatic heterocycles. The fraction of sp³-hybridized carbons (Fsp3) is 0.444. The molecular weight excluding hydrogens is 463 g/mol. The highest BCUT2D eigenvalue weighted by Gasteiger charge is 2.40. The minimum absolute atomic E-state index is 0.166. The first-order chi connectivity index (χ1) is 17.3. The van der Waals surface area contributed by atoms with E-state index in [0.717, 1.165) is 42.7 Å². The second kappa shape index (κ2) is 8.47. The molecule has 1 fully saturated rings. The molecule has 0 amide bonds. The van der Waals surface area contributed by atoms with E-state index in [1.54, 1.807) is 23.6 Å². The number of cyclic esters (lactones) is 1. The number of aromatic nitrogens is 2. The Morgan fingerprint density at radius 3 is 2.67 bits per heavy atom. The van der Waals surface area contributed by atoms with E-state index in [1.807, 2.05) is 0 Å². The molecule has 1 unspecified atom stereocenters. The SMILES string of the molecule is CCC1(O)CC(=O)OCc2c1cc1n(c2=O)Cc2c-1nc1ccc(F)cc1c2CN1CCN(C)CC1. The summed E-state index contributed by atoms with van der Waals surface area (Å²) in [5.41, 5.74) is 2.80. The Bertz CT molecular complexity index is 1460. The Kier molecular flexibility index (Phi) is 5.47. The lowest BCUT2D eigenvalue weighted by Crippen LogP contribution is -2.44. The van der Waals surface area contributed by atoms with Crippen molar-refractivity contribution in [1.82, 2.24) is 19.4 Å². The number of piperazine rings is 1. The summed E-state index contributed by atoms with van der Waals surface area (Å²) in [6.45, 7) is 6.29. The molecule has 8 nitrogen and oxygen atoms in total. The van der Waals surface area contributed by atoms with Crippen molar-refractivity contribution in [2.24, 2.45) is 0 Å². The highest BCUT2D eigenvalue weighted by molar-refractivity contribution is 5.88. The minimum Gasteiger partial charge on any atom is -0.460 e. The van der Waals surface area contributed by atoms with Gasteiger partial charge in [-0.25, -0.2) is 9.37 Å². The molecule has 2 aromatic heterocycles. The number of pyridine rings is 2. The number of hydrogen-bond acceptors (Lipinski definition) is 7. The predicted octanol–water partition coefficient (Wildman–Crippen LogP) is 2.36. The summed E-state index contributed by atoms with van der Waals surface area (Å²) in [5, 5.41) is 12.1. The normalized spacial score (nSPS) is 22.2. The Morgan fingerprint density at radius 2 is 1.92 bits per heavy atom. The van der Waals surface area contributed by atoms with Crippen LogP contribution in [0.2, 0.25) is 0 Å². The predicted molar refractivity (Wildman–Crippen MR) is 132 cm³/mol. The van der Waals surface area contributed by atoms with Crippen molar-refractivity contribution in [3.05, 3.63) is 62.7 Å². The highest BCUT2D eigenvalue weighted by Crippen LogP contribution is 2.40. The Morgan fingerprint density at radius 1 is 1.14 bits per heavy atom. The maximum absolute atomic E-state index is 14.4. The summed E-state index contributed by atoms with van der Waals surface area (Å²) in [6.07, 6.45) is 0.0647. The first kappa shape index (κ1) is 23.3. The van der Waals surface area contributed by atoms with Crippen LogP contribution in [0.4, 0.5) is 4.39 Å². The number of hydrogen-bond donors (Lipinski definition) is 1. The number of aliphatic hydroxyl groups is 1. The van der Waals surface area contributed by atoms with E-state index in [2.05, 4.69) is 16.8 Å². The van der Waals surface area contributed by atoms with Crippen molar-refractivity contribution in [2.45, 2.75) is 45.1 Å². The van der Waals surface area contributed by atoms with Crippen LogP contribution in [0.5, 0.6) is 0 Å². The van der Waals surface area contributed by atoms with Gasteiger partial charge in [-0.3, -0.25) is 14.5 Å². The van der Waals surface area contributed by atoms with Gasteiger partial charge in [-0.15, -0.1) is 0 Å². The third kappa shape index (κ3) is 3.65. The van der Waals surface area contributed by atoms with Crippen molar-refractivity contribution in [3.63, 3.8) is 0 Å². The van der Waals surface area contributed by atoms with E-state index in [1.165, 1.54) is 12.1 Å². The van der Waals surface area contributed by atoms with E-state index in [0.29, 0.717) is 41.1 Å². The maximum atomic E-state index is 14.4. The molecule has 1 N–H and O–H groups in total. The van der Waals surface area contributed by atoms with Crippen LogP contribution in [-0.4, -0.2) is 63.7 Å². The summed E-state index contributed by atoms with van der Waals surface area (Å²) in [5.74, 6) is -0.848. The van der Waals surface area contributed by atoms with E-state index in [4.69, 9.17) is 9.72 Å². The van der Waals surface area contributed by atoms with Crippen molar-refractivity contribution in [1.29, 1.82) is 0 Å². The lowest BCUT2D eigenvalue weighted by Gasteiger charge is -2.33. The monoisotopic (exact) mass is 492 g/mol. The van der Waals surface area contributed by atoms with Gasteiger partial charge in [-0.05, 0) is 48.9 Å². The van der Waals surface area contributed by atoms with Crippen molar-refractivity contribution >= 4 is 16.9 Å². The lowest BCUT2D eigenvalue weighted by molar-refractivity contribution is -0.149. The molecule has 9 heteroatoms. The average Bonchev–Trinajstić information content (AvgIpc) is 3.17. The Balaban J connectivity index is 1.55. The number of nitrogens with zero attached hydrogens (tertiary/aromatic N) is 4. The van der Waals surface area contributed by atoms with Crippen molar-refractivity contribution in [3.8, 4) is 11.4 Å². The molecule has 1 aromatic carbocycles. The topological polar surface area (TPSA) is 87.9 Å². The van der Waals surface area contributed by atoms with E-state index >= 15 is 0 Å². The zero-order valence-electron chi connectivity index (χ0n) is 20.5. The third-order valence-electron chi connectivity index (χ3n) is 8.00. The number of halogens is 1. The van der Waals surface area contributed by atoms with Crippen molar-refractivity contribution < 1.29 is 19.0 Å². The smallest absolute Gasteiger partial charge is 0.309 e. The van der Waals surface area contributed by atoms with E-state index in [9.17, 15) is 19.1 Å². The Hall–Kier alpha value is -3.14. The molecule has 0 radical (unpaired) electrons. The second-order valence-corrected chi connectivity index (χ2v) is 10.2. The summed E-state index contributed by atoms with van der Waals surface area (Å²) < 4.78 is 21.3. The number of rotatable bonds is 3. The second-order valence-electron chi connectivity index (χ2n) is 10.2. The molecule has 188 valence electrons. The molecule has 36 heavy (non-hydrogen) atoms. The minimum atomic E-state index is -1.48. The maximum Gasteiger partial charge on any atom is 0.309 e. The number of benzene rings is 1. The van der Waals surface area contributed by atoms with Crippen LogP contribution in [0.25, 0.3) is 22.3 Å². The van der Waals surface area contributed by atoms with Gasteiger partial charge in [0, 0.05) is 43.7 Å². The fourth-order valence-electron chi connectivity index (χ4n) is 5.74. The molecule has 5 heterocycles. The quantitative estimate of drug-likeness (QED) is 0.440. The van der Waals surface area contributed by atoms with Crippen LogP contribution in [0.1, 0.15) is 42.0 Å². The van der Waals surface area contributed by atoms with Crippen LogP contribution in [0.15, 0.2) is 29.1 Å². The van der Waals surface area contributed by atoms with Gasteiger partial charge in [0.05, 0.1) is 35.4 Å². The number of ether oxygens (including phenoxy) is 1. The number of carbonyl (C=O) groups excluding carboxylic acids is 1. The van der Waals surface area contributed by atoms with Crippen LogP contribution in [-0.2, 0) is 34.8 Å². The van der Waals surface area contributed by atoms with Crippen molar-refractivity contribution in [2.75, 3.05) is 33.2 Å². The lowest BCUT2D eigenvalue weighted by atomic mass is 9.85. The van der Waals surface area contributed by atoms with E-state index < -0.39 is 11.6 Å². The summed E-state index contributed by atoms with van der Waals surface area (Å²) in [4.78, 5) is 35.4. The molecule has 0 bridgehead atoms. The number of carbonyl (C=O) groups is 1. The van der Waals surface area contributed by atoms with Gasteiger partial charge >= 0.3 is 5.97 Å². The summed E-state index contributed by atoms with van der Waals surface area (Å²) in [6, 6.07) is 6.41. The number of fused-ring (bicyclic) bond motifs is 5. The molecular formula is C27H29FN4O4. The number of likely N-dealkylation sites (N-methyl/N-ethyl adjacent to an activating group) is 1. The van der Waals surface area contributed by atoms with Crippen LogP contribution in [0.3, 0.4) is 0 Å². The Labute approximate surface area is 207 Å². The number of esters is 1. The van der Waals surface area contributed by atoms with Gasteiger partial charge in [0.15, 0.2) is 0 Å². The summed E-state index contributed by atoms with van der Waals surface area (Å²) in [7, 11) is 2.11. The molecule has 0 aliphatic carbocycles. The molecule has 3 aromatic rings. The van der Waals surface area contributed by atoms with Crippen LogP contribution >= 0.6 is 0 Å². The van der Waals surface area contributed by atoms with Gasteiger partial charge in [-0.1, -0.05) is 6.92 Å². The third-order valence-corrected chi connectivity index (χ3v) is 8.00. The van der Waals surface area contributed by atoms with Crippen LogP contribution < -0.4 is 5.56 Å². The largest absolute Gasteiger partial charge is 0.460 e. The first-order valence-electron chi connectivity index (χ1n) is 12.4. The molecule has 0 saturated carbocycles. The first-order valence-corrected chi connectivity index (χ1v) is 12.4. The highest BCUT2D eigenvalue weighted by atomic mass is 19.1. The van der Waals surface area contributed by atoms with Gasteiger partial charge in [-0.2, -0.15) is 0 Å². The standard InChI is InChI=1S/C27H29FN4O4/c1-3-27(35)12-24(33)36-15-20-21(27)11-23-25-19(14-32(23)26(20)34)18(13-31-8-6-30(2)7-9-31)17-10-16(28)4-5-22(17)29-25/h4-5,10-11,35H,3,6-9,12-15H2,1-2H3. The molecule has 1 atom stereocenters. The summed E-state index contributed by atoms with van der Waals surface area (Å²) >= 11 is 0.